The zero-order chi connectivity index (χ0) is 15.6. The summed E-state index contributed by atoms with van der Waals surface area (Å²) in [4.78, 5) is 13.8. The number of carbonyl (C=O) groups is 1. The van der Waals surface area contributed by atoms with Crippen molar-refractivity contribution in [3.05, 3.63) is 33.8 Å². The van der Waals surface area contributed by atoms with Gasteiger partial charge in [0, 0.05) is 23.4 Å². The number of nitrogens with zero attached hydrogens (tertiary/aromatic N) is 1. The minimum Gasteiger partial charge on any atom is -0.338 e. The summed E-state index contributed by atoms with van der Waals surface area (Å²) in [6, 6.07) is 3.62. The van der Waals surface area contributed by atoms with Crippen LogP contribution in [0.1, 0.15) is 28.8 Å². The van der Waals surface area contributed by atoms with E-state index in [9.17, 15) is 18.0 Å². The Kier molecular flexibility index (Phi) is 5.20. The first-order chi connectivity index (χ1) is 9.82. The highest BCUT2D eigenvalue weighted by Gasteiger charge is 2.37. The zero-order valence-corrected chi connectivity index (χ0v) is 13.4. The monoisotopic (exact) mass is 383 g/mol. The first-order valence-electron chi connectivity index (χ1n) is 6.55. The van der Waals surface area contributed by atoms with Gasteiger partial charge in [0.05, 0.1) is 11.1 Å². The predicted molar refractivity (Wildman–Crippen MR) is 78.5 cm³/mol. The van der Waals surface area contributed by atoms with E-state index in [0.29, 0.717) is 23.4 Å². The van der Waals surface area contributed by atoms with E-state index in [1.165, 1.54) is 17.0 Å². The summed E-state index contributed by atoms with van der Waals surface area (Å²) in [5.41, 5.74) is -1.19. The Hall–Kier alpha value is -0.750. The molecule has 0 bridgehead atoms. The van der Waals surface area contributed by atoms with Crippen molar-refractivity contribution < 1.29 is 18.0 Å². The second-order valence-electron chi connectivity index (χ2n) is 5.07. The zero-order valence-electron chi connectivity index (χ0n) is 11.1. The average Bonchev–Trinajstić information content (AvgIpc) is 2.86. The van der Waals surface area contributed by atoms with Crippen molar-refractivity contribution in [2.45, 2.75) is 19.0 Å². The first-order valence-corrected chi connectivity index (χ1v) is 7.87. The molecule has 0 spiro atoms. The van der Waals surface area contributed by atoms with Gasteiger partial charge >= 0.3 is 6.18 Å². The highest BCUT2D eigenvalue weighted by atomic mass is 79.9. The highest BCUT2D eigenvalue weighted by molar-refractivity contribution is 9.10. The van der Waals surface area contributed by atoms with Crippen LogP contribution in [0.2, 0.25) is 0 Å². The van der Waals surface area contributed by atoms with Gasteiger partial charge in [0.2, 0.25) is 0 Å². The lowest BCUT2D eigenvalue weighted by atomic mass is 10.1. The Balaban J connectivity index is 2.24. The van der Waals surface area contributed by atoms with Crippen LogP contribution >= 0.6 is 27.5 Å². The maximum atomic E-state index is 13.1. The molecular weight excluding hydrogens is 371 g/mol. The van der Waals surface area contributed by atoms with E-state index in [1.807, 2.05) is 0 Å². The van der Waals surface area contributed by atoms with E-state index in [2.05, 4.69) is 15.9 Å². The molecule has 1 heterocycles. The van der Waals surface area contributed by atoms with Crippen molar-refractivity contribution in [3.8, 4) is 0 Å². The number of amides is 1. The van der Waals surface area contributed by atoms with Gasteiger partial charge in [-0.3, -0.25) is 4.79 Å². The van der Waals surface area contributed by atoms with Crippen molar-refractivity contribution in [1.29, 1.82) is 0 Å². The molecule has 116 valence electrons. The molecule has 7 heteroatoms. The van der Waals surface area contributed by atoms with Crippen LogP contribution < -0.4 is 0 Å². The lowest BCUT2D eigenvalue weighted by Gasteiger charge is -2.19. The molecule has 0 aromatic heterocycles. The number of alkyl halides is 4. The standard InChI is InChI=1S/C14H14BrClF3NO/c15-10-1-2-11(12(7-10)14(17,18)19)13(21)20-6-4-9(8-20)3-5-16/h1-2,7,9H,3-6,8H2. The minimum atomic E-state index is -4.55. The molecule has 0 aliphatic carbocycles. The van der Waals surface area contributed by atoms with Gasteiger partial charge < -0.3 is 4.90 Å². The number of benzene rings is 1. The Morgan fingerprint density at radius 2 is 2.14 bits per heavy atom. The molecule has 1 saturated heterocycles. The molecule has 1 aliphatic heterocycles. The second-order valence-corrected chi connectivity index (χ2v) is 6.36. The third kappa shape index (κ3) is 3.92. The Labute approximate surface area is 134 Å². The number of hydrogen-bond acceptors (Lipinski definition) is 1. The summed E-state index contributed by atoms with van der Waals surface area (Å²) < 4.78 is 39.5. The van der Waals surface area contributed by atoms with Crippen molar-refractivity contribution in [2.75, 3.05) is 19.0 Å². The first kappa shape index (κ1) is 16.6. The van der Waals surface area contributed by atoms with Crippen LogP contribution in [0.3, 0.4) is 0 Å². The predicted octanol–water partition coefficient (Wildman–Crippen LogP) is 4.56. The molecule has 21 heavy (non-hydrogen) atoms. The summed E-state index contributed by atoms with van der Waals surface area (Å²) in [7, 11) is 0. The molecule has 1 aromatic rings. The molecule has 0 radical (unpaired) electrons. The molecule has 2 nitrogen and oxygen atoms in total. The van der Waals surface area contributed by atoms with Gasteiger partial charge in [-0.1, -0.05) is 15.9 Å². The van der Waals surface area contributed by atoms with E-state index >= 15 is 0 Å². The van der Waals surface area contributed by atoms with Crippen molar-refractivity contribution in [1.82, 2.24) is 4.90 Å². The topological polar surface area (TPSA) is 20.3 Å². The fourth-order valence-corrected chi connectivity index (χ4v) is 3.18. The smallest absolute Gasteiger partial charge is 0.338 e. The second kappa shape index (κ2) is 6.57. The molecule has 1 atom stereocenters. The van der Waals surface area contributed by atoms with Crippen LogP contribution in [-0.2, 0) is 6.18 Å². The summed E-state index contributed by atoms with van der Waals surface area (Å²) in [5.74, 6) is 0.210. The Morgan fingerprint density at radius 1 is 1.43 bits per heavy atom. The number of likely N-dealkylation sites (tertiary alicyclic amines) is 1. The molecular formula is C14H14BrClF3NO. The largest absolute Gasteiger partial charge is 0.417 e. The number of hydrogen-bond donors (Lipinski definition) is 0. The van der Waals surface area contributed by atoms with Crippen LogP contribution in [-0.4, -0.2) is 29.8 Å². The van der Waals surface area contributed by atoms with Gasteiger partial charge in [-0.2, -0.15) is 13.2 Å². The lowest BCUT2D eigenvalue weighted by Crippen LogP contribution is -2.30. The van der Waals surface area contributed by atoms with Gasteiger partial charge in [-0.15, -0.1) is 11.6 Å². The van der Waals surface area contributed by atoms with E-state index < -0.39 is 17.6 Å². The van der Waals surface area contributed by atoms with Crippen molar-refractivity contribution in [3.63, 3.8) is 0 Å². The maximum absolute atomic E-state index is 13.1. The molecule has 0 N–H and O–H groups in total. The molecule has 1 unspecified atom stereocenters. The molecule has 1 aromatic carbocycles. The summed E-state index contributed by atoms with van der Waals surface area (Å²) in [6.45, 7) is 0.951. The van der Waals surface area contributed by atoms with Gasteiger partial charge in [-0.25, -0.2) is 0 Å². The van der Waals surface area contributed by atoms with Crippen LogP contribution in [0.4, 0.5) is 13.2 Å². The fraction of sp³-hybridized carbons (Fsp3) is 0.500. The summed E-state index contributed by atoms with van der Waals surface area (Å²) >= 11 is 8.68. The number of halogens is 5. The molecule has 1 amide bonds. The minimum absolute atomic E-state index is 0.274. The van der Waals surface area contributed by atoms with E-state index in [1.54, 1.807) is 0 Å². The van der Waals surface area contributed by atoms with Crippen molar-refractivity contribution >= 4 is 33.4 Å². The quantitative estimate of drug-likeness (QED) is 0.700. The normalized spacial score (nSPS) is 19.1. The average molecular weight is 385 g/mol. The molecule has 2 rings (SSSR count). The van der Waals surface area contributed by atoms with E-state index in [0.717, 1.165) is 18.9 Å². The number of rotatable bonds is 3. The third-order valence-corrected chi connectivity index (χ3v) is 4.32. The van der Waals surface area contributed by atoms with E-state index in [-0.39, 0.29) is 11.5 Å². The van der Waals surface area contributed by atoms with Gasteiger partial charge in [-0.05, 0) is 37.0 Å². The van der Waals surface area contributed by atoms with Crippen LogP contribution in [0.25, 0.3) is 0 Å². The van der Waals surface area contributed by atoms with Crippen molar-refractivity contribution in [2.24, 2.45) is 5.92 Å². The summed E-state index contributed by atoms with van der Waals surface area (Å²) in [5, 5.41) is 0. The van der Waals surface area contributed by atoms with E-state index in [4.69, 9.17) is 11.6 Å². The fourth-order valence-electron chi connectivity index (χ4n) is 2.51. The molecule has 1 aliphatic rings. The lowest BCUT2D eigenvalue weighted by molar-refractivity contribution is -0.138. The molecule has 0 saturated carbocycles. The molecule has 1 fully saturated rings. The van der Waals surface area contributed by atoms with Gasteiger partial charge in [0.1, 0.15) is 0 Å². The number of carbonyl (C=O) groups excluding carboxylic acids is 1. The summed E-state index contributed by atoms with van der Waals surface area (Å²) in [6.07, 6.45) is -2.99. The van der Waals surface area contributed by atoms with Gasteiger partial charge in [0.15, 0.2) is 0 Å². The third-order valence-electron chi connectivity index (χ3n) is 3.61. The van der Waals surface area contributed by atoms with Gasteiger partial charge in [0.25, 0.3) is 5.91 Å². The Morgan fingerprint density at radius 3 is 2.76 bits per heavy atom. The Bertz CT molecular complexity index is 535. The van der Waals surface area contributed by atoms with Crippen LogP contribution in [0, 0.1) is 5.92 Å². The van der Waals surface area contributed by atoms with Crippen LogP contribution in [0.15, 0.2) is 22.7 Å². The SMILES string of the molecule is O=C(c1ccc(Br)cc1C(F)(F)F)N1CCC(CCCl)C1. The highest BCUT2D eigenvalue weighted by Crippen LogP contribution is 2.35. The van der Waals surface area contributed by atoms with Crippen LogP contribution in [0.5, 0.6) is 0 Å². The maximum Gasteiger partial charge on any atom is 0.417 e.